The van der Waals surface area contributed by atoms with Crippen LogP contribution in [0.5, 0.6) is 0 Å². The van der Waals surface area contributed by atoms with E-state index in [0.29, 0.717) is 5.69 Å². The summed E-state index contributed by atoms with van der Waals surface area (Å²) in [6.45, 7) is 0. The van der Waals surface area contributed by atoms with Crippen LogP contribution in [0.2, 0.25) is 0 Å². The second kappa shape index (κ2) is 2.70. The molecule has 0 fully saturated rings. The van der Waals surface area contributed by atoms with Crippen molar-refractivity contribution in [1.82, 2.24) is 20.1 Å². The van der Waals surface area contributed by atoms with Crippen molar-refractivity contribution >= 4 is 5.97 Å². The molecule has 7 nitrogen and oxygen atoms in total. The summed E-state index contributed by atoms with van der Waals surface area (Å²) in [6.07, 6.45) is 2.91. The molecule has 2 heterocycles. The average molecular weight is 180 g/mol. The largest absolute Gasteiger partial charge is 0.474 e. The minimum atomic E-state index is -1.25. The van der Waals surface area contributed by atoms with E-state index >= 15 is 0 Å². The van der Waals surface area contributed by atoms with Gasteiger partial charge in [0, 0.05) is 0 Å². The molecule has 2 aromatic rings. The molecule has 0 bridgehead atoms. The fourth-order valence-corrected chi connectivity index (χ4v) is 0.798. The van der Waals surface area contributed by atoms with Crippen molar-refractivity contribution in [3.05, 3.63) is 18.4 Å². The highest BCUT2D eigenvalue weighted by Crippen LogP contribution is 2.10. The molecule has 2 rings (SSSR count). The van der Waals surface area contributed by atoms with Crippen LogP contribution < -0.4 is 0 Å². The lowest BCUT2D eigenvalue weighted by molar-refractivity contribution is 0.0643. The lowest BCUT2D eigenvalue weighted by Crippen LogP contribution is -1.95. The number of imidazole rings is 1. The lowest BCUT2D eigenvalue weighted by atomic mass is 10.4. The van der Waals surface area contributed by atoms with Gasteiger partial charge in [-0.1, -0.05) is 5.16 Å². The van der Waals surface area contributed by atoms with Crippen LogP contribution in [-0.2, 0) is 0 Å². The third kappa shape index (κ3) is 1.26. The van der Waals surface area contributed by atoms with E-state index in [-0.39, 0.29) is 5.82 Å². The predicted molar refractivity (Wildman–Crippen MR) is 38.8 cm³/mol. The van der Waals surface area contributed by atoms with Crippen molar-refractivity contribution in [3.63, 3.8) is 0 Å². The molecule has 0 radical (unpaired) electrons. The number of nitrogens with one attached hydrogen (secondary N) is 1. The Bertz CT molecular complexity index is 419. The van der Waals surface area contributed by atoms with Crippen molar-refractivity contribution in [3.8, 4) is 11.5 Å². The highest BCUT2D eigenvalue weighted by molar-refractivity contribution is 5.82. The molecule has 0 aliphatic rings. The molecule has 0 aromatic carbocycles. The Hall–Kier alpha value is -2.18. The highest BCUT2D eigenvalue weighted by Gasteiger charge is 2.14. The first-order chi connectivity index (χ1) is 6.27. The van der Waals surface area contributed by atoms with Crippen molar-refractivity contribution in [2.75, 3.05) is 0 Å². The van der Waals surface area contributed by atoms with E-state index in [2.05, 4.69) is 24.6 Å². The number of aromatic amines is 1. The first kappa shape index (κ1) is 7.47. The van der Waals surface area contributed by atoms with Crippen LogP contribution in [0, 0.1) is 0 Å². The van der Waals surface area contributed by atoms with Crippen molar-refractivity contribution in [2.24, 2.45) is 0 Å². The number of hydrogen-bond acceptors (Lipinski definition) is 5. The Labute approximate surface area is 71.4 Å². The zero-order valence-electron chi connectivity index (χ0n) is 6.26. The van der Waals surface area contributed by atoms with Gasteiger partial charge in [-0.15, -0.1) is 0 Å². The van der Waals surface area contributed by atoms with Gasteiger partial charge in [-0.2, -0.15) is 4.98 Å². The van der Waals surface area contributed by atoms with Gasteiger partial charge in [0.05, 0.1) is 12.5 Å². The maximum absolute atomic E-state index is 10.4. The monoisotopic (exact) mass is 180 g/mol. The Kier molecular flexibility index (Phi) is 1.55. The van der Waals surface area contributed by atoms with Crippen LogP contribution in [0.25, 0.3) is 11.5 Å². The van der Waals surface area contributed by atoms with Gasteiger partial charge in [-0.25, -0.2) is 9.78 Å². The number of aromatic nitrogens is 4. The van der Waals surface area contributed by atoms with Crippen molar-refractivity contribution < 1.29 is 14.4 Å². The second-order valence-corrected chi connectivity index (χ2v) is 2.19. The van der Waals surface area contributed by atoms with E-state index in [9.17, 15) is 4.79 Å². The van der Waals surface area contributed by atoms with Crippen molar-refractivity contribution in [1.29, 1.82) is 0 Å². The molecule has 0 saturated heterocycles. The Morgan fingerprint density at radius 2 is 2.46 bits per heavy atom. The van der Waals surface area contributed by atoms with E-state index in [0.717, 1.165) is 0 Å². The number of nitrogens with zero attached hydrogens (tertiary/aromatic N) is 3. The first-order valence-electron chi connectivity index (χ1n) is 3.33. The zero-order valence-corrected chi connectivity index (χ0v) is 6.26. The molecule has 66 valence electrons. The molecule has 2 aromatic heterocycles. The summed E-state index contributed by atoms with van der Waals surface area (Å²) in [5.41, 5.74) is 0.510. The fourth-order valence-electron chi connectivity index (χ4n) is 0.798. The van der Waals surface area contributed by atoms with Crippen LogP contribution in [0.4, 0.5) is 0 Å². The standard InChI is InChI=1S/C6H4N4O3/c11-6(12)5-9-4(10-13-5)3-1-7-2-8-3/h1-2H,(H,7,8)(H,11,12). The minimum Gasteiger partial charge on any atom is -0.474 e. The molecular formula is C6H4N4O3. The third-order valence-corrected chi connectivity index (χ3v) is 1.35. The lowest BCUT2D eigenvalue weighted by Gasteiger charge is -1.81. The number of aromatic carboxylic acids is 1. The van der Waals surface area contributed by atoms with Crippen LogP contribution in [0.3, 0.4) is 0 Å². The molecule has 0 saturated carbocycles. The molecule has 0 spiro atoms. The van der Waals surface area contributed by atoms with Gasteiger partial charge >= 0.3 is 11.9 Å². The SMILES string of the molecule is O=C(O)c1nc(-c2cnc[nH]2)no1. The minimum absolute atomic E-state index is 0.176. The van der Waals surface area contributed by atoms with Crippen LogP contribution in [0.1, 0.15) is 10.7 Å². The molecule has 0 aliphatic carbocycles. The summed E-state index contributed by atoms with van der Waals surface area (Å²) in [4.78, 5) is 20.4. The number of H-pyrrole nitrogens is 1. The third-order valence-electron chi connectivity index (χ3n) is 1.35. The Morgan fingerprint density at radius 1 is 1.62 bits per heavy atom. The second-order valence-electron chi connectivity index (χ2n) is 2.19. The summed E-state index contributed by atoms with van der Waals surface area (Å²) < 4.78 is 4.44. The molecule has 7 heteroatoms. The molecule has 0 atom stereocenters. The van der Waals surface area contributed by atoms with Gasteiger partial charge in [-0.05, 0) is 0 Å². The zero-order chi connectivity index (χ0) is 9.26. The molecule has 0 amide bonds. The summed E-state index contributed by atoms with van der Waals surface area (Å²) in [5, 5.41) is 11.9. The molecule has 0 unspecified atom stereocenters. The van der Waals surface area contributed by atoms with E-state index in [1.165, 1.54) is 12.5 Å². The maximum atomic E-state index is 10.4. The molecule has 13 heavy (non-hydrogen) atoms. The van der Waals surface area contributed by atoms with Crippen molar-refractivity contribution in [2.45, 2.75) is 0 Å². The Morgan fingerprint density at radius 3 is 3.00 bits per heavy atom. The first-order valence-corrected chi connectivity index (χ1v) is 3.33. The summed E-state index contributed by atoms with van der Waals surface area (Å²) in [6, 6.07) is 0. The van der Waals surface area contributed by atoms with Gasteiger partial charge in [-0.3, -0.25) is 0 Å². The Balaban J connectivity index is 2.39. The van der Waals surface area contributed by atoms with Crippen LogP contribution >= 0.6 is 0 Å². The summed E-state index contributed by atoms with van der Waals surface area (Å²) in [7, 11) is 0. The number of carboxylic acid groups (broad SMARTS) is 1. The van der Waals surface area contributed by atoms with Gasteiger partial charge in [0.25, 0.3) is 0 Å². The van der Waals surface area contributed by atoms with E-state index < -0.39 is 11.9 Å². The highest BCUT2D eigenvalue weighted by atomic mass is 16.5. The van der Waals surface area contributed by atoms with Gasteiger partial charge in [0.1, 0.15) is 5.69 Å². The van der Waals surface area contributed by atoms with E-state index in [4.69, 9.17) is 5.11 Å². The summed E-state index contributed by atoms with van der Waals surface area (Å²) >= 11 is 0. The average Bonchev–Trinajstić information content (AvgIpc) is 2.75. The van der Waals surface area contributed by atoms with Gasteiger partial charge in [0.15, 0.2) is 0 Å². The van der Waals surface area contributed by atoms with Crippen LogP contribution in [-0.4, -0.2) is 31.2 Å². The van der Waals surface area contributed by atoms with Gasteiger partial charge in [0.2, 0.25) is 5.82 Å². The topological polar surface area (TPSA) is 105 Å². The summed E-state index contributed by atoms with van der Waals surface area (Å²) in [5.74, 6) is -1.52. The number of carbonyl (C=O) groups is 1. The number of hydrogen-bond donors (Lipinski definition) is 2. The normalized spacial score (nSPS) is 10.2. The smallest absolute Gasteiger partial charge is 0.394 e. The maximum Gasteiger partial charge on any atom is 0.394 e. The quantitative estimate of drug-likeness (QED) is 0.681. The number of rotatable bonds is 2. The number of carboxylic acids is 1. The molecule has 2 N–H and O–H groups in total. The predicted octanol–water partition coefficient (Wildman–Crippen LogP) is 0.158. The van der Waals surface area contributed by atoms with Gasteiger partial charge < -0.3 is 14.6 Å². The van der Waals surface area contributed by atoms with E-state index in [1.54, 1.807) is 0 Å². The molecular weight excluding hydrogens is 176 g/mol. The van der Waals surface area contributed by atoms with E-state index in [1.807, 2.05) is 0 Å². The molecule has 0 aliphatic heterocycles. The van der Waals surface area contributed by atoms with Crippen LogP contribution in [0.15, 0.2) is 17.0 Å². The fraction of sp³-hybridized carbons (Fsp3) is 0.